The lowest BCUT2D eigenvalue weighted by Gasteiger charge is -2.38. The lowest BCUT2D eigenvalue weighted by molar-refractivity contribution is -0.165. The third kappa shape index (κ3) is 6.39. The first kappa shape index (κ1) is 21.4. The predicted octanol–water partition coefficient (Wildman–Crippen LogP) is 2.36. The number of carbonyl (C=O) groups is 1. The van der Waals surface area contributed by atoms with Crippen LogP contribution in [0.3, 0.4) is 0 Å². The quantitative estimate of drug-likeness (QED) is 0.710. The van der Waals surface area contributed by atoms with E-state index in [0.717, 1.165) is 43.9 Å². The third-order valence-electron chi connectivity index (χ3n) is 5.09. The number of amides is 1. The summed E-state index contributed by atoms with van der Waals surface area (Å²) >= 11 is 0. The monoisotopic (exact) mass is 379 g/mol. The first-order chi connectivity index (χ1) is 12.0. The van der Waals surface area contributed by atoms with Crippen molar-refractivity contribution in [3.63, 3.8) is 0 Å². The molecule has 0 aromatic rings. The average molecular weight is 379 g/mol. The first-order valence-corrected chi connectivity index (χ1v) is 9.53. The molecular weight excluding hydrogens is 347 g/mol. The molecule has 2 fully saturated rings. The van der Waals surface area contributed by atoms with Crippen LogP contribution in [0.1, 0.15) is 40.5 Å². The molecule has 2 aliphatic heterocycles. The Labute approximate surface area is 154 Å². The van der Waals surface area contributed by atoms with Crippen LogP contribution in [0.4, 0.5) is 13.2 Å². The van der Waals surface area contributed by atoms with Crippen molar-refractivity contribution in [3.8, 4) is 0 Å². The van der Waals surface area contributed by atoms with Gasteiger partial charge in [-0.2, -0.15) is 13.2 Å². The van der Waals surface area contributed by atoms with E-state index in [2.05, 4.69) is 23.6 Å². The molecule has 3 unspecified atom stereocenters. The van der Waals surface area contributed by atoms with Gasteiger partial charge in [0, 0.05) is 31.7 Å². The van der Waals surface area contributed by atoms with E-state index in [1.807, 2.05) is 0 Å². The van der Waals surface area contributed by atoms with Crippen LogP contribution < -0.4 is 0 Å². The highest BCUT2D eigenvalue weighted by Crippen LogP contribution is 2.22. The van der Waals surface area contributed by atoms with Crippen LogP contribution in [-0.4, -0.2) is 90.3 Å². The maximum Gasteiger partial charge on any atom is 0.406 e. The van der Waals surface area contributed by atoms with Gasteiger partial charge < -0.3 is 9.64 Å². The number of hydrogen-bond donors (Lipinski definition) is 0. The zero-order valence-corrected chi connectivity index (χ0v) is 16.3. The van der Waals surface area contributed by atoms with Crippen molar-refractivity contribution in [1.82, 2.24) is 14.7 Å². The Hall–Kier alpha value is -0.860. The molecule has 152 valence electrons. The molecule has 0 N–H and O–H groups in total. The molecule has 0 saturated carbocycles. The largest absolute Gasteiger partial charge is 0.406 e. The van der Waals surface area contributed by atoms with E-state index < -0.39 is 24.7 Å². The Bertz CT molecular complexity index is 463. The normalized spacial score (nSPS) is 28.7. The van der Waals surface area contributed by atoms with E-state index in [9.17, 15) is 18.0 Å². The van der Waals surface area contributed by atoms with Crippen LogP contribution in [-0.2, 0) is 9.53 Å². The van der Waals surface area contributed by atoms with Crippen molar-refractivity contribution < 1.29 is 22.7 Å². The molecule has 3 atom stereocenters. The van der Waals surface area contributed by atoms with Gasteiger partial charge in [0.05, 0.1) is 18.8 Å². The predicted molar refractivity (Wildman–Crippen MR) is 93.9 cm³/mol. The van der Waals surface area contributed by atoms with Gasteiger partial charge in [0.25, 0.3) is 0 Å². The molecule has 5 nitrogen and oxygen atoms in total. The molecule has 8 heteroatoms. The minimum Gasteiger partial charge on any atom is -0.373 e. The maximum atomic E-state index is 12.8. The summed E-state index contributed by atoms with van der Waals surface area (Å²) in [5.74, 6) is -0.437. The zero-order valence-electron chi connectivity index (χ0n) is 16.3. The molecule has 26 heavy (non-hydrogen) atoms. The molecule has 2 heterocycles. The van der Waals surface area contributed by atoms with Crippen molar-refractivity contribution in [3.05, 3.63) is 0 Å². The number of halogens is 3. The van der Waals surface area contributed by atoms with Crippen LogP contribution in [0.15, 0.2) is 0 Å². The smallest absolute Gasteiger partial charge is 0.373 e. The molecule has 0 bridgehead atoms. The Morgan fingerprint density at radius 2 is 1.85 bits per heavy atom. The summed E-state index contributed by atoms with van der Waals surface area (Å²) in [7, 11) is 0. The van der Waals surface area contributed by atoms with Crippen molar-refractivity contribution in [2.75, 3.05) is 39.3 Å². The molecule has 0 aromatic heterocycles. The zero-order chi connectivity index (χ0) is 19.5. The molecule has 2 saturated heterocycles. The molecule has 0 spiro atoms. The number of alkyl halides is 3. The van der Waals surface area contributed by atoms with Crippen molar-refractivity contribution in [2.24, 2.45) is 0 Å². The summed E-state index contributed by atoms with van der Waals surface area (Å²) < 4.78 is 44.1. The van der Waals surface area contributed by atoms with Gasteiger partial charge in [-0.05, 0) is 47.1 Å². The molecule has 2 rings (SSSR count). The van der Waals surface area contributed by atoms with E-state index in [4.69, 9.17) is 4.74 Å². The number of carbonyl (C=O) groups excluding carboxylic acids is 1. The van der Waals surface area contributed by atoms with E-state index >= 15 is 0 Å². The second-order valence-electron chi connectivity index (χ2n) is 7.97. The van der Waals surface area contributed by atoms with Crippen LogP contribution in [0.5, 0.6) is 0 Å². The summed E-state index contributed by atoms with van der Waals surface area (Å²) in [5, 5.41) is 0. The lowest BCUT2D eigenvalue weighted by Crippen LogP contribution is -2.52. The van der Waals surface area contributed by atoms with Crippen LogP contribution in [0.2, 0.25) is 0 Å². The third-order valence-corrected chi connectivity index (χ3v) is 5.09. The highest BCUT2D eigenvalue weighted by atomic mass is 19.4. The topological polar surface area (TPSA) is 36.0 Å². The standard InChI is InChI=1S/C18H32F3N3O2/c1-13(2)24(12-18(19,20)21)17(25)11-23-7-5-6-16(23)10-22-8-14(3)26-15(4)9-22/h13-16H,5-12H2,1-4H3. The van der Waals surface area contributed by atoms with Gasteiger partial charge in [0.2, 0.25) is 5.91 Å². The lowest BCUT2D eigenvalue weighted by atomic mass is 10.1. The number of likely N-dealkylation sites (tertiary alicyclic amines) is 1. The van der Waals surface area contributed by atoms with E-state index in [1.54, 1.807) is 13.8 Å². The molecule has 0 radical (unpaired) electrons. The maximum absolute atomic E-state index is 12.8. The van der Waals surface area contributed by atoms with Crippen LogP contribution in [0.25, 0.3) is 0 Å². The van der Waals surface area contributed by atoms with Crippen LogP contribution in [0, 0.1) is 0 Å². The highest BCUT2D eigenvalue weighted by Gasteiger charge is 2.36. The number of nitrogens with zero attached hydrogens (tertiary/aromatic N) is 3. The van der Waals surface area contributed by atoms with Gasteiger partial charge in [0.15, 0.2) is 0 Å². The van der Waals surface area contributed by atoms with E-state index in [-0.39, 0.29) is 24.8 Å². The molecule has 2 aliphatic rings. The fraction of sp³-hybridized carbons (Fsp3) is 0.944. The Morgan fingerprint density at radius 3 is 2.38 bits per heavy atom. The van der Waals surface area contributed by atoms with Gasteiger partial charge in [-0.25, -0.2) is 0 Å². The summed E-state index contributed by atoms with van der Waals surface area (Å²) in [4.78, 5) is 17.9. The number of ether oxygens (including phenoxy) is 1. The summed E-state index contributed by atoms with van der Waals surface area (Å²) in [6, 6.07) is -0.248. The van der Waals surface area contributed by atoms with Gasteiger partial charge >= 0.3 is 6.18 Å². The Kier molecular flexibility index (Phi) is 7.33. The average Bonchev–Trinajstić information content (AvgIpc) is 2.89. The van der Waals surface area contributed by atoms with Gasteiger partial charge in [-0.1, -0.05) is 0 Å². The SMILES string of the molecule is CC1CN(CC2CCCN2CC(=O)N(CC(F)(F)F)C(C)C)CC(C)O1. The number of rotatable bonds is 6. The highest BCUT2D eigenvalue weighted by molar-refractivity contribution is 5.78. The Balaban J connectivity index is 1.93. The number of hydrogen-bond acceptors (Lipinski definition) is 4. The molecule has 0 aromatic carbocycles. The summed E-state index contributed by atoms with van der Waals surface area (Å²) in [6.45, 7) is 9.56. The van der Waals surface area contributed by atoms with Gasteiger partial charge in [-0.15, -0.1) is 0 Å². The fourth-order valence-corrected chi connectivity index (χ4v) is 4.06. The number of morpholine rings is 1. The second kappa shape index (κ2) is 8.89. The van der Waals surface area contributed by atoms with E-state index in [0.29, 0.717) is 0 Å². The van der Waals surface area contributed by atoms with Crippen molar-refractivity contribution in [2.45, 2.75) is 71.0 Å². The minimum atomic E-state index is -4.37. The summed E-state index contributed by atoms with van der Waals surface area (Å²) in [5.41, 5.74) is 0. The van der Waals surface area contributed by atoms with Crippen molar-refractivity contribution >= 4 is 5.91 Å². The van der Waals surface area contributed by atoms with Crippen molar-refractivity contribution in [1.29, 1.82) is 0 Å². The first-order valence-electron chi connectivity index (χ1n) is 9.53. The van der Waals surface area contributed by atoms with Gasteiger partial charge in [0.1, 0.15) is 6.54 Å². The van der Waals surface area contributed by atoms with Gasteiger partial charge in [-0.3, -0.25) is 14.6 Å². The van der Waals surface area contributed by atoms with Crippen LogP contribution >= 0.6 is 0 Å². The minimum absolute atomic E-state index is 0.0639. The molecular formula is C18H32F3N3O2. The second-order valence-corrected chi connectivity index (χ2v) is 7.97. The molecule has 0 aliphatic carbocycles. The molecule has 1 amide bonds. The Morgan fingerprint density at radius 1 is 1.23 bits per heavy atom. The van der Waals surface area contributed by atoms with E-state index in [1.165, 1.54) is 0 Å². The summed E-state index contributed by atoms with van der Waals surface area (Å²) in [6.07, 6.45) is -2.05. The fourth-order valence-electron chi connectivity index (χ4n) is 4.06.